The molecule has 2 bridgehead atoms. The van der Waals surface area contributed by atoms with Gasteiger partial charge in [0.1, 0.15) is 11.9 Å². The van der Waals surface area contributed by atoms with Crippen molar-refractivity contribution in [3.8, 4) is 0 Å². The molecule has 6 nitrogen and oxygen atoms in total. The van der Waals surface area contributed by atoms with Gasteiger partial charge >= 0.3 is 0 Å². The van der Waals surface area contributed by atoms with Gasteiger partial charge in [-0.1, -0.05) is 56.2 Å². The number of carbonyl (C=O) groups is 3. The standard InChI is InChI=1S/C35H52O6/c1-21(2)13-14-24-20-34(18-15-22(3)4)28(37)25-19-26(32(9,10)40)41-29(25)35(30(34)38,27(36)23(5)6)33(24,11)17-12-16-31(7,8)39/h12-13,15-16,23-24,26,39-40H,14,17-20H2,1-11H3/b16-12+/t24-,26-,33+,34+,35-/m0/s1. The van der Waals surface area contributed by atoms with Crippen LogP contribution in [0.1, 0.15) is 108 Å². The monoisotopic (exact) mass is 568 g/mol. The molecule has 228 valence electrons. The van der Waals surface area contributed by atoms with Crippen molar-refractivity contribution in [1.29, 1.82) is 0 Å². The fourth-order valence-electron chi connectivity index (χ4n) is 7.17. The molecule has 5 atom stereocenters. The molecule has 0 aromatic heterocycles. The lowest BCUT2D eigenvalue weighted by Gasteiger charge is -2.61. The molecule has 0 aromatic rings. The maximum atomic E-state index is 15.2. The summed E-state index contributed by atoms with van der Waals surface area (Å²) >= 11 is 0. The van der Waals surface area contributed by atoms with E-state index in [4.69, 9.17) is 4.74 Å². The van der Waals surface area contributed by atoms with E-state index in [1.54, 1.807) is 47.6 Å². The summed E-state index contributed by atoms with van der Waals surface area (Å²) in [7, 11) is 0. The Hall–Kier alpha value is -2.31. The second-order valence-corrected chi connectivity index (χ2v) is 14.9. The third kappa shape index (κ3) is 5.59. The first-order valence-electron chi connectivity index (χ1n) is 15.1. The van der Waals surface area contributed by atoms with Gasteiger partial charge in [-0.3, -0.25) is 14.4 Å². The number of ether oxygens (including phenoxy) is 1. The van der Waals surface area contributed by atoms with Gasteiger partial charge in [0.25, 0.3) is 0 Å². The van der Waals surface area contributed by atoms with Gasteiger partial charge in [0.05, 0.1) is 16.6 Å². The second kappa shape index (κ2) is 11.1. The fraction of sp³-hybridized carbons (Fsp3) is 0.686. The number of fused-ring (bicyclic) bond motifs is 3. The van der Waals surface area contributed by atoms with Crippen LogP contribution < -0.4 is 0 Å². The Kier molecular flexibility index (Phi) is 8.97. The van der Waals surface area contributed by atoms with Crippen LogP contribution in [0.4, 0.5) is 0 Å². The molecule has 3 rings (SSSR count). The lowest BCUT2D eigenvalue weighted by atomic mass is 9.38. The van der Waals surface area contributed by atoms with Crippen molar-refractivity contribution in [2.45, 2.75) is 126 Å². The van der Waals surface area contributed by atoms with Crippen molar-refractivity contribution < 1.29 is 29.3 Å². The van der Waals surface area contributed by atoms with Crippen molar-refractivity contribution in [3.63, 3.8) is 0 Å². The largest absolute Gasteiger partial charge is 0.489 e. The Balaban J connectivity index is 2.48. The SMILES string of the molecule is CC(C)=CC[C@H]1C[C@]2(CC=C(C)C)C(=O)C3=C(O[C@H](C(C)(C)O)C3)[C@@](C(=O)C(C)C)(C2=O)[C@]1(C)C/C=C/C(C)(C)O. The quantitative estimate of drug-likeness (QED) is 0.227. The molecule has 0 aromatic carbocycles. The number of rotatable bonds is 10. The first-order valence-corrected chi connectivity index (χ1v) is 15.1. The molecule has 0 radical (unpaired) electrons. The molecule has 2 aliphatic carbocycles. The number of aliphatic hydroxyl groups is 2. The first-order chi connectivity index (χ1) is 18.6. The Morgan fingerprint density at radius 2 is 1.61 bits per heavy atom. The van der Waals surface area contributed by atoms with E-state index in [0.29, 0.717) is 24.8 Å². The van der Waals surface area contributed by atoms with Gasteiger partial charge in [0.2, 0.25) is 0 Å². The average Bonchev–Trinajstić information content (AvgIpc) is 3.28. The average molecular weight is 569 g/mol. The van der Waals surface area contributed by atoms with Gasteiger partial charge in [0.15, 0.2) is 22.8 Å². The van der Waals surface area contributed by atoms with Gasteiger partial charge in [-0.25, -0.2) is 0 Å². The number of carbonyl (C=O) groups excluding carboxylic acids is 3. The molecular weight excluding hydrogens is 516 g/mol. The summed E-state index contributed by atoms with van der Waals surface area (Å²) in [5.74, 6) is -1.43. The highest BCUT2D eigenvalue weighted by Gasteiger charge is 2.77. The van der Waals surface area contributed by atoms with E-state index in [-0.39, 0.29) is 41.9 Å². The number of hydrogen-bond donors (Lipinski definition) is 2. The van der Waals surface area contributed by atoms with Crippen LogP contribution in [-0.2, 0) is 19.1 Å². The van der Waals surface area contributed by atoms with Crippen molar-refractivity contribution in [1.82, 2.24) is 0 Å². The molecule has 1 heterocycles. The summed E-state index contributed by atoms with van der Waals surface area (Å²) in [6, 6.07) is 0. The highest BCUT2D eigenvalue weighted by atomic mass is 16.5. The Labute approximate surface area is 247 Å². The summed E-state index contributed by atoms with van der Waals surface area (Å²) in [6.45, 7) is 20.2. The van der Waals surface area contributed by atoms with E-state index in [0.717, 1.165) is 11.1 Å². The summed E-state index contributed by atoms with van der Waals surface area (Å²) in [5.41, 5.74) is -3.91. The molecule has 0 saturated heterocycles. The zero-order valence-corrected chi connectivity index (χ0v) is 27.1. The van der Waals surface area contributed by atoms with Crippen molar-refractivity contribution >= 4 is 17.3 Å². The lowest BCUT2D eigenvalue weighted by molar-refractivity contribution is -0.180. The van der Waals surface area contributed by atoms with E-state index in [1.165, 1.54) is 0 Å². The summed E-state index contributed by atoms with van der Waals surface area (Å²) < 4.78 is 6.48. The number of ketones is 3. The van der Waals surface area contributed by atoms with Crippen LogP contribution in [-0.4, -0.2) is 44.9 Å². The minimum atomic E-state index is -1.71. The van der Waals surface area contributed by atoms with Crippen LogP contribution in [0.15, 0.2) is 46.8 Å². The van der Waals surface area contributed by atoms with E-state index in [9.17, 15) is 19.8 Å². The molecule has 1 aliphatic heterocycles. The Bertz CT molecular complexity index is 1210. The van der Waals surface area contributed by atoms with E-state index < -0.39 is 39.5 Å². The molecule has 6 heteroatoms. The topological polar surface area (TPSA) is 101 Å². The zero-order valence-electron chi connectivity index (χ0n) is 27.1. The van der Waals surface area contributed by atoms with Crippen LogP contribution in [0.5, 0.6) is 0 Å². The molecule has 2 N–H and O–H groups in total. The molecular formula is C35H52O6. The van der Waals surface area contributed by atoms with Crippen molar-refractivity contribution in [2.24, 2.45) is 28.1 Å². The van der Waals surface area contributed by atoms with Gasteiger partial charge < -0.3 is 14.9 Å². The minimum absolute atomic E-state index is 0.156. The minimum Gasteiger partial charge on any atom is -0.489 e. The van der Waals surface area contributed by atoms with Crippen LogP contribution in [0.2, 0.25) is 0 Å². The molecule has 1 saturated carbocycles. The number of allylic oxidation sites excluding steroid dienone is 6. The predicted octanol–water partition coefficient (Wildman–Crippen LogP) is 6.61. The second-order valence-electron chi connectivity index (χ2n) is 14.9. The van der Waals surface area contributed by atoms with E-state index in [2.05, 4.69) is 6.08 Å². The van der Waals surface area contributed by atoms with Crippen LogP contribution in [0.25, 0.3) is 0 Å². The third-order valence-electron chi connectivity index (χ3n) is 9.52. The van der Waals surface area contributed by atoms with E-state index >= 15 is 4.79 Å². The first kappa shape index (κ1) is 33.2. The molecule has 41 heavy (non-hydrogen) atoms. The fourth-order valence-corrected chi connectivity index (χ4v) is 7.17. The molecule has 1 fully saturated rings. The van der Waals surface area contributed by atoms with Crippen LogP contribution >= 0.6 is 0 Å². The predicted molar refractivity (Wildman–Crippen MR) is 162 cm³/mol. The van der Waals surface area contributed by atoms with Crippen molar-refractivity contribution in [3.05, 3.63) is 46.8 Å². The number of Topliss-reactive ketones (excluding diaryl/α,β-unsaturated/α-hetero) is 3. The van der Waals surface area contributed by atoms with E-state index in [1.807, 2.05) is 46.8 Å². The molecule has 0 unspecified atom stereocenters. The van der Waals surface area contributed by atoms with Gasteiger partial charge in [-0.15, -0.1) is 0 Å². The Morgan fingerprint density at radius 1 is 1.02 bits per heavy atom. The van der Waals surface area contributed by atoms with Crippen LogP contribution in [0.3, 0.4) is 0 Å². The van der Waals surface area contributed by atoms with Gasteiger partial charge in [0, 0.05) is 23.3 Å². The summed E-state index contributed by atoms with van der Waals surface area (Å²) in [5, 5.41) is 21.5. The third-order valence-corrected chi connectivity index (χ3v) is 9.52. The van der Waals surface area contributed by atoms with Gasteiger partial charge in [-0.2, -0.15) is 0 Å². The molecule has 0 amide bonds. The summed E-state index contributed by atoms with van der Waals surface area (Å²) in [4.78, 5) is 44.6. The smallest absolute Gasteiger partial charge is 0.176 e. The van der Waals surface area contributed by atoms with Crippen molar-refractivity contribution in [2.75, 3.05) is 0 Å². The Morgan fingerprint density at radius 3 is 2.10 bits per heavy atom. The summed E-state index contributed by atoms with van der Waals surface area (Å²) in [6.07, 6.45) is 8.54. The highest BCUT2D eigenvalue weighted by Crippen LogP contribution is 2.69. The maximum Gasteiger partial charge on any atom is 0.176 e. The molecule has 0 spiro atoms. The zero-order chi connectivity index (χ0) is 31.3. The van der Waals surface area contributed by atoms with Gasteiger partial charge in [-0.05, 0) is 87.0 Å². The lowest BCUT2D eigenvalue weighted by Crippen LogP contribution is -2.69. The normalized spacial score (nSPS) is 31.9. The van der Waals surface area contributed by atoms with Crippen LogP contribution in [0, 0.1) is 28.1 Å². The molecule has 3 aliphatic rings. The highest BCUT2D eigenvalue weighted by molar-refractivity contribution is 6.28. The maximum absolute atomic E-state index is 15.2. The number of hydrogen-bond acceptors (Lipinski definition) is 6.